The number of amides is 1. The van der Waals surface area contributed by atoms with E-state index in [4.69, 9.17) is 4.74 Å². The Bertz CT molecular complexity index is 1030. The van der Waals surface area contributed by atoms with Crippen LogP contribution in [-0.4, -0.2) is 33.0 Å². The van der Waals surface area contributed by atoms with Crippen LogP contribution in [0.2, 0.25) is 0 Å². The van der Waals surface area contributed by atoms with Crippen LogP contribution >= 0.6 is 0 Å². The summed E-state index contributed by atoms with van der Waals surface area (Å²) in [5, 5.41) is 0. The van der Waals surface area contributed by atoms with E-state index in [-0.39, 0.29) is 5.91 Å². The first-order valence-electron chi connectivity index (χ1n) is 8.56. The molecule has 136 valence electrons. The molecule has 2 aromatic heterocycles. The Morgan fingerprint density at radius 1 is 1.04 bits per heavy atom. The minimum absolute atomic E-state index is 0.0580. The molecule has 0 saturated heterocycles. The predicted molar refractivity (Wildman–Crippen MR) is 101 cm³/mol. The van der Waals surface area contributed by atoms with Gasteiger partial charge >= 0.3 is 0 Å². The lowest BCUT2D eigenvalue weighted by molar-refractivity contribution is -0.121. The van der Waals surface area contributed by atoms with Crippen LogP contribution in [0.15, 0.2) is 43.0 Å². The van der Waals surface area contributed by atoms with Crippen LogP contribution in [-0.2, 0) is 10.2 Å². The summed E-state index contributed by atoms with van der Waals surface area (Å²) < 4.78 is 5.17. The number of fused-ring (bicyclic) bond motifs is 1. The maximum atomic E-state index is 13.2. The summed E-state index contributed by atoms with van der Waals surface area (Å²) in [5.41, 5.74) is 2.87. The highest BCUT2D eigenvalue weighted by Gasteiger charge is 2.45. The van der Waals surface area contributed by atoms with Gasteiger partial charge in [-0.25, -0.2) is 9.97 Å². The molecule has 1 aliphatic rings. The van der Waals surface area contributed by atoms with Crippen LogP contribution in [0.5, 0.6) is 5.88 Å². The maximum Gasteiger partial charge on any atom is 0.242 e. The van der Waals surface area contributed by atoms with Gasteiger partial charge in [-0.05, 0) is 38.0 Å². The highest BCUT2D eigenvalue weighted by Crippen LogP contribution is 2.46. The molecular weight excluding hydrogens is 342 g/mol. The van der Waals surface area contributed by atoms with Gasteiger partial charge < -0.3 is 4.74 Å². The number of aromatic nitrogens is 4. The highest BCUT2D eigenvalue weighted by atomic mass is 16.5. The van der Waals surface area contributed by atoms with Crippen molar-refractivity contribution in [1.29, 1.82) is 0 Å². The van der Waals surface area contributed by atoms with Gasteiger partial charge in [0.05, 0.1) is 30.6 Å². The summed E-state index contributed by atoms with van der Waals surface area (Å²) in [6.07, 6.45) is 6.63. The number of hydrogen-bond acceptors (Lipinski definition) is 6. The monoisotopic (exact) mass is 361 g/mol. The van der Waals surface area contributed by atoms with Crippen LogP contribution < -0.4 is 9.64 Å². The summed E-state index contributed by atoms with van der Waals surface area (Å²) in [5.74, 6) is 1.44. The van der Waals surface area contributed by atoms with Gasteiger partial charge in [0.2, 0.25) is 11.8 Å². The fourth-order valence-electron chi connectivity index (χ4n) is 3.24. The molecule has 7 nitrogen and oxygen atoms in total. The molecule has 1 aliphatic heterocycles. The number of rotatable bonds is 3. The Morgan fingerprint density at radius 2 is 1.78 bits per heavy atom. The van der Waals surface area contributed by atoms with Gasteiger partial charge in [0.1, 0.15) is 5.82 Å². The number of ether oxygens (including phenoxy) is 1. The van der Waals surface area contributed by atoms with Gasteiger partial charge in [0.15, 0.2) is 5.82 Å². The Labute approximate surface area is 157 Å². The lowest BCUT2D eigenvalue weighted by Crippen LogP contribution is -2.33. The first-order chi connectivity index (χ1) is 12.9. The maximum absolute atomic E-state index is 13.2. The van der Waals surface area contributed by atoms with Crippen LogP contribution in [0.1, 0.15) is 25.2 Å². The molecule has 0 radical (unpaired) electrons. The first-order valence-corrected chi connectivity index (χ1v) is 8.56. The van der Waals surface area contributed by atoms with Gasteiger partial charge in [-0.2, -0.15) is 4.98 Å². The van der Waals surface area contributed by atoms with Crippen LogP contribution in [0.25, 0.3) is 11.1 Å². The van der Waals surface area contributed by atoms with Crippen molar-refractivity contribution in [2.75, 3.05) is 12.0 Å². The molecule has 27 heavy (non-hydrogen) atoms. The van der Waals surface area contributed by atoms with E-state index in [1.807, 2.05) is 39.0 Å². The third-order valence-corrected chi connectivity index (χ3v) is 4.80. The SMILES string of the molecule is COc1cncc(N2C(=O)C(C)(C)c3ccc(-c4cnc(C)nc4)cc32)n1. The van der Waals surface area contributed by atoms with Crippen molar-refractivity contribution in [3.8, 4) is 17.0 Å². The number of methoxy groups -OCH3 is 1. The molecule has 7 heteroatoms. The van der Waals surface area contributed by atoms with Gasteiger partial charge in [-0.3, -0.25) is 14.7 Å². The van der Waals surface area contributed by atoms with Crippen LogP contribution in [0.3, 0.4) is 0 Å². The number of carbonyl (C=O) groups is 1. The molecule has 0 unspecified atom stereocenters. The molecule has 0 fully saturated rings. The Balaban J connectivity index is 1.87. The largest absolute Gasteiger partial charge is 0.480 e. The quantitative estimate of drug-likeness (QED) is 0.712. The summed E-state index contributed by atoms with van der Waals surface area (Å²) in [4.78, 5) is 31.8. The minimum Gasteiger partial charge on any atom is -0.480 e. The molecule has 0 aliphatic carbocycles. The number of nitrogens with zero attached hydrogens (tertiary/aromatic N) is 5. The average Bonchev–Trinajstić information content (AvgIpc) is 2.88. The molecule has 0 spiro atoms. The second-order valence-corrected chi connectivity index (χ2v) is 6.94. The van der Waals surface area contributed by atoms with E-state index in [0.717, 1.165) is 22.4 Å². The average molecular weight is 361 g/mol. The van der Waals surface area contributed by atoms with E-state index in [9.17, 15) is 4.79 Å². The van der Waals surface area contributed by atoms with E-state index in [1.165, 1.54) is 13.3 Å². The Kier molecular flexibility index (Phi) is 3.87. The lowest BCUT2D eigenvalue weighted by Gasteiger charge is -2.19. The zero-order valence-corrected chi connectivity index (χ0v) is 15.6. The molecule has 0 N–H and O–H groups in total. The normalized spacial score (nSPS) is 15.0. The van der Waals surface area contributed by atoms with Gasteiger partial charge in [0, 0.05) is 18.0 Å². The van der Waals surface area contributed by atoms with Crippen molar-refractivity contribution in [2.24, 2.45) is 0 Å². The topological polar surface area (TPSA) is 81.1 Å². The lowest BCUT2D eigenvalue weighted by atomic mass is 9.85. The van der Waals surface area contributed by atoms with Crippen molar-refractivity contribution in [3.05, 3.63) is 54.4 Å². The van der Waals surface area contributed by atoms with Crippen molar-refractivity contribution in [3.63, 3.8) is 0 Å². The third kappa shape index (κ3) is 2.71. The molecule has 1 amide bonds. The second kappa shape index (κ2) is 6.12. The molecule has 1 aromatic carbocycles. The molecular formula is C20H19N5O2. The van der Waals surface area contributed by atoms with E-state index in [0.29, 0.717) is 17.5 Å². The van der Waals surface area contributed by atoms with E-state index < -0.39 is 5.41 Å². The van der Waals surface area contributed by atoms with E-state index in [2.05, 4.69) is 19.9 Å². The zero-order chi connectivity index (χ0) is 19.2. The standard InChI is InChI=1S/C20H19N5O2/c1-12-22-8-14(9-23-12)13-5-6-15-16(7-13)25(19(26)20(15,2)3)17-10-21-11-18(24-17)27-4/h5-11H,1-4H3. The Morgan fingerprint density at radius 3 is 2.48 bits per heavy atom. The van der Waals surface area contributed by atoms with Crippen molar-refractivity contribution >= 4 is 17.4 Å². The minimum atomic E-state index is -0.664. The molecule has 3 heterocycles. The van der Waals surface area contributed by atoms with E-state index >= 15 is 0 Å². The Hall–Kier alpha value is -3.35. The number of carbonyl (C=O) groups excluding carboxylic acids is 1. The molecule has 0 bridgehead atoms. The molecule has 0 saturated carbocycles. The number of anilines is 2. The number of benzene rings is 1. The fraction of sp³-hybridized carbons (Fsp3) is 0.250. The van der Waals surface area contributed by atoms with Crippen molar-refractivity contribution < 1.29 is 9.53 Å². The highest BCUT2D eigenvalue weighted by molar-refractivity contribution is 6.12. The first kappa shape index (κ1) is 17.1. The van der Waals surface area contributed by atoms with Gasteiger partial charge in [-0.15, -0.1) is 0 Å². The smallest absolute Gasteiger partial charge is 0.242 e. The second-order valence-electron chi connectivity index (χ2n) is 6.94. The zero-order valence-electron chi connectivity index (χ0n) is 15.6. The summed E-state index contributed by atoms with van der Waals surface area (Å²) in [6, 6.07) is 5.94. The summed E-state index contributed by atoms with van der Waals surface area (Å²) >= 11 is 0. The molecule has 3 aromatic rings. The third-order valence-electron chi connectivity index (χ3n) is 4.80. The fourth-order valence-corrected chi connectivity index (χ4v) is 3.24. The molecule has 4 rings (SSSR count). The number of hydrogen-bond donors (Lipinski definition) is 0. The number of aryl methyl sites for hydroxylation is 1. The summed E-state index contributed by atoms with van der Waals surface area (Å²) in [7, 11) is 1.52. The summed E-state index contributed by atoms with van der Waals surface area (Å²) in [6.45, 7) is 5.67. The van der Waals surface area contributed by atoms with Crippen molar-refractivity contribution in [1.82, 2.24) is 19.9 Å². The van der Waals surface area contributed by atoms with Gasteiger partial charge in [-0.1, -0.05) is 12.1 Å². The van der Waals surface area contributed by atoms with Gasteiger partial charge in [0.25, 0.3) is 0 Å². The van der Waals surface area contributed by atoms with Crippen molar-refractivity contribution in [2.45, 2.75) is 26.2 Å². The van der Waals surface area contributed by atoms with Crippen LogP contribution in [0, 0.1) is 6.92 Å². The molecule has 0 atom stereocenters. The van der Waals surface area contributed by atoms with E-state index in [1.54, 1.807) is 23.5 Å². The predicted octanol–water partition coefficient (Wildman–Crippen LogP) is 3.21. The van der Waals surface area contributed by atoms with Crippen LogP contribution in [0.4, 0.5) is 11.5 Å².